The average Bonchev–Trinajstić information content (AvgIpc) is 2.64. The molecule has 0 radical (unpaired) electrons. The highest BCUT2D eigenvalue weighted by atomic mass is 16.5. The highest BCUT2D eigenvalue weighted by molar-refractivity contribution is 6.00. The van der Waals surface area contributed by atoms with Crippen LogP contribution in [0.2, 0.25) is 0 Å². The Morgan fingerprint density at radius 2 is 1.75 bits per heavy atom. The minimum Gasteiger partial charge on any atom is -0.468 e. The molecule has 1 aliphatic rings. The van der Waals surface area contributed by atoms with Crippen LogP contribution in [0.3, 0.4) is 0 Å². The molecule has 0 bridgehead atoms. The molecule has 0 unspecified atom stereocenters. The summed E-state index contributed by atoms with van der Waals surface area (Å²) in [6, 6.07) is 16.7. The van der Waals surface area contributed by atoms with E-state index in [9.17, 15) is 9.59 Å². The fraction of sp³-hybridized carbons (Fsp3) is 0.300. The highest BCUT2D eigenvalue weighted by Gasteiger charge is 2.44. The van der Waals surface area contributed by atoms with E-state index in [0.717, 1.165) is 17.5 Å². The number of methoxy groups -OCH3 is 1. The van der Waals surface area contributed by atoms with Gasteiger partial charge in [-0.05, 0) is 23.6 Å². The van der Waals surface area contributed by atoms with Gasteiger partial charge >= 0.3 is 5.97 Å². The molecule has 4 heteroatoms. The van der Waals surface area contributed by atoms with E-state index < -0.39 is 5.92 Å². The van der Waals surface area contributed by atoms with Crippen molar-refractivity contribution in [2.45, 2.75) is 25.3 Å². The molecule has 3 rings (SSSR count). The van der Waals surface area contributed by atoms with Crippen molar-refractivity contribution < 1.29 is 14.3 Å². The van der Waals surface area contributed by atoms with Crippen molar-refractivity contribution in [2.24, 2.45) is 0 Å². The van der Waals surface area contributed by atoms with Crippen molar-refractivity contribution in [1.82, 2.24) is 4.90 Å². The number of fused-ring (bicyclic) bond motifs is 1. The van der Waals surface area contributed by atoms with Crippen molar-refractivity contribution >= 4 is 11.9 Å². The van der Waals surface area contributed by atoms with Gasteiger partial charge in [0.05, 0.1) is 13.2 Å². The van der Waals surface area contributed by atoms with E-state index in [1.54, 1.807) is 11.0 Å². The van der Waals surface area contributed by atoms with E-state index in [1.165, 1.54) is 7.11 Å². The van der Waals surface area contributed by atoms with Crippen LogP contribution in [0.1, 0.15) is 46.8 Å². The number of nitrogens with zero attached hydrogens (tertiary/aromatic N) is 1. The predicted octanol–water partition coefficient (Wildman–Crippen LogP) is 3.55. The van der Waals surface area contributed by atoms with Crippen LogP contribution in [0.25, 0.3) is 0 Å². The lowest BCUT2D eigenvalue weighted by Gasteiger charge is -2.41. The van der Waals surface area contributed by atoms with E-state index in [-0.39, 0.29) is 17.9 Å². The maximum atomic E-state index is 13.0. The minimum absolute atomic E-state index is 0.0264. The molecule has 2 aromatic rings. The summed E-state index contributed by atoms with van der Waals surface area (Å²) in [6.45, 7) is 2.63. The predicted molar refractivity (Wildman–Crippen MR) is 91.7 cm³/mol. The summed E-state index contributed by atoms with van der Waals surface area (Å²) >= 11 is 0. The molecule has 0 aromatic heterocycles. The standard InChI is InChI=1S/C20H21NO3/c1-3-13-21-18(14-9-5-4-6-10-14)17(20(23)24-2)15-11-7-8-12-16(15)19(21)22/h4-12,17-18H,3,13H2,1-2H3/t17-,18+/m1/s1. The Morgan fingerprint density at radius 1 is 1.08 bits per heavy atom. The van der Waals surface area contributed by atoms with Crippen LogP contribution < -0.4 is 0 Å². The van der Waals surface area contributed by atoms with Gasteiger partial charge in [-0.2, -0.15) is 0 Å². The third kappa shape index (κ3) is 2.68. The van der Waals surface area contributed by atoms with Gasteiger partial charge in [0.15, 0.2) is 0 Å². The molecule has 0 N–H and O–H groups in total. The number of carbonyl (C=O) groups is 2. The average molecular weight is 323 g/mol. The maximum Gasteiger partial charge on any atom is 0.315 e. The molecular formula is C20H21NO3. The van der Waals surface area contributed by atoms with Gasteiger partial charge in [0.2, 0.25) is 0 Å². The van der Waals surface area contributed by atoms with Gasteiger partial charge in [0.25, 0.3) is 5.91 Å². The normalized spacial score (nSPS) is 19.8. The molecule has 0 saturated heterocycles. The quantitative estimate of drug-likeness (QED) is 0.808. The van der Waals surface area contributed by atoms with Crippen molar-refractivity contribution in [2.75, 3.05) is 13.7 Å². The number of amides is 1. The van der Waals surface area contributed by atoms with Crippen molar-refractivity contribution in [3.8, 4) is 0 Å². The number of hydrogen-bond donors (Lipinski definition) is 0. The number of carbonyl (C=O) groups excluding carboxylic acids is 2. The SMILES string of the molecule is CCCN1C(=O)c2ccccc2[C@@H](C(=O)OC)[C@@H]1c1ccccc1. The number of benzene rings is 2. The van der Waals surface area contributed by atoms with Gasteiger partial charge in [-0.1, -0.05) is 55.5 Å². The zero-order chi connectivity index (χ0) is 17.1. The van der Waals surface area contributed by atoms with Crippen molar-refractivity contribution in [3.05, 3.63) is 71.3 Å². The first kappa shape index (κ1) is 16.2. The lowest BCUT2D eigenvalue weighted by atomic mass is 9.79. The van der Waals surface area contributed by atoms with Crippen molar-refractivity contribution in [1.29, 1.82) is 0 Å². The van der Waals surface area contributed by atoms with Crippen LogP contribution in [-0.2, 0) is 9.53 Å². The summed E-state index contributed by atoms with van der Waals surface area (Å²) in [4.78, 5) is 27.4. The Morgan fingerprint density at radius 3 is 2.42 bits per heavy atom. The molecule has 2 aromatic carbocycles. The topological polar surface area (TPSA) is 46.6 Å². The molecule has 1 amide bonds. The zero-order valence-corrected chi connectivity index (χ0v) is 13.9. The largest absolute Gasteiger partial charge is 0.468 e. The fourth-order valence-electron chi connectivity index (χ4n) is 3.48. The monoisotopic (exact) mass is 323 g/mol. The first-order valence-electron chi connectivity index (χ1n) is 8.21. The van der Waals surface area contributed by atoms with Crippen molar-refractivity contribution in [3.63, 3.8) is 0 Å². The molecule has 0 fully saturated rings. The highest BCUT2D eigenvalue weighted by Crippen LogP contribution is 2.43. The molecule has 24 heavy (non-hydrogen) atoms. The fourth-order valence-corrected chi connectivity index (χ4v) is 3.48. The second-order valence-corrected chi connectivity index (χ2v) is 5.94. The number of hydrogen-bond acceptors (Lipinski definition) is 3. The number of ether oxygens (including phenoxy) is 1. The van der Waals surface area contributed by atoms with E-state index in [4.69, 9.17) is 4.74 Å². The van der Waals surface area contributed by atoms with Gasteiger partial charge in [0.1, 0.15) is 5.92 Å². The van der Waals surface area contributed by atoms with Crippen LogP contribution in [0.4, 0.5) is 0 Å². The number of esters is 1. The van der Waals surface area contributed by atoms with Crippen LogP contribution in [0.15, 0.2) is 54.6 Å². The third-order valence-electron chi connectivity index (χ3n) is 4.50. The Balaban J connectivity index is 2.21. The molecule has 1 heterocycles. The maximum absolute atomic E-state index is 13.0. The third-order valence-corrected chi connectivity index (χ3v) is 4.50. The van der Waals surface area contributed by atoms with Gasteiger partial charge < -0.3 is 9.64 Å². The lowest BCUT2D eigenvalue weighted by molar-refractivity contribution is -0.144. The molecule has 4 nitrogen and oxygen atoms in total. The van der Waals surface area contributed by atoms with Crippen LogP contribution in [0, 0.1) is 0 Å². The van der Waals surface area contributed by atoms with Gasteiger partial charge in [-0.25, -0.2) is 0 Å². The van der Waals surface area contributed by atoms with Gasteiger partial charge in [-0.3, -0.25) is 9.59 Å². The second kappa shape index (κ2) is 6.87. The first-order chi connectivity index (χ1) is 11.7. The van der Waals surface area contributed by atoms with Crippen LogP contribution in [0.5, 0.6) is 0 Å². The van der Waals surface area contributed by atoms with Gasteiger partial charge in [0, 0.05) is 12.1 Å². The van der Waals surface area contributed by atoms with E-state index >= 15 is 0 Å². The Bertz CT molecular complexity index is 742. The van der Waals surface area contributed by atoms with E-state index in [2.05, 4.69) is 0 Å². The Hall–Kier alpha value is -2.62. The smallest absolute Gasteiger partial charge is 0.315 e. The summed E-state index contributed by atoms with van der Waals surface area (Å²) in [5.74, 6) is -0.857. The Labute approximate surface area is 142 Å². The van der Waals surface area contributed by atoms with E-state index in [0.29, 0.717) is 12.1 Å². The number of rotatable bonds is 4. The Kier molecular flexibility index (Phi) is 4.65. The lowest BCUT2D eigenvalue weighted by Crippen LogP contribution is -2.45. The molecule has 0 spiro atoms. The molecule has 0 saturated carbocycles. The summed E-state index contributed by atoms with van der Waals surface area (Å²) in [6.07, 6.45) is 0.825. The summed E-state index contributed by atoms with van der Waals surface area (Å²) in [7, 11) is 1.40. The van der Waals surface area contributed by atoms with Crippen LogP contribution >= 0.6 is 0 Å². The molecule has 1 aliphatic heterocycles. The zero-order valence-electron chi connectivity index (χ0n) is 13.9. The second-order valence-electron chi connectivity index (χ2n) is 5.94. The molecule has 2 atom stereocenters. The molecular weight excluding hydrogens is 302 g/mol. The molecule has 0 aliphatic carbocycles. The van der Waals surface area contributed by atoms with Gasteiger partial charge in [-0.15, -0.1) is 0 Å². The van der Waals surface area contributed by atoms with Crippen LogP contribution in [-0.4, -0.2) is 30.4 Å². The molecule has 124 valence electrons. The summed E-state index contributed by atoms with van der Waals surface area (Å²) < 4.78 is 5.08. The van der Waals surface area contributed by atoms with E-state index in [1.807, 2.05) is 55.5 Å². The summed E-state index contributed by atoms with van der Waals surface area (Å²) in [5.41, 5.74) is 2.29. The first-order valence-corrected chi connectivity index (χ1v) is 8.21. The minimum atomic E-state index is -0.516. The summed E-state index contributed by atoms with van der Waals surface area (Å²) in [5, 5.41) is 0.